The van der Waals surface area contributed by atoms with E-state index < -0.39 is 42.4 Å². The lowest BCUT2D eigenvalue weighted by molar-refractivity contribution is -0.147. The third-order valence-electron chi connectivity index (χ3n) is 5.17. The van der Waals surface area contributed by atoms with Gasteiger partial charge in [0.15, 0.2) is 0 Å². The summed E-state index contributed by atoms with van der Waals surface area (Å²) >= 11 is 0. The summed E-state index contributed by atoms with van der Waals surface area (Å²) < 4.78 is 5.43. The maximum Gasteiger partial charge on any atom is 0.411 e. The fraction of sp³-hybridized carbons (Fsp3) is 0.524. The number of aliphatic carboxylic acids is 2. The largest absolute Gasteiger partial charge is 0.481 e. The molecule has 0 saturated heterocycles. The number of nitrogens with one attached hydrogen (secondary N) is 1. The molecule has 2 rings (SSSR count). The van der Waals surface area contributed by atoms with Gasteiger partial charge in [-0.25, -0.2) is 9.59 Å². The van der Waals surface area contributed by atoms with Crippen LogP contribution in [0.25, 0.3) is 0 Å². The van der Waals surface area contributed by atoms with Crippen molar-refractivity contribution in [3.63, 3.8) is 0 Å². The van der Waals surface area contributed by atoms with Crippen LogP contribution in [0.4, 0.5) is 4.79 Å². The molecule has 0 spiro atoms. The fourth-order valence-electron chi connectivity index (χ4n) is 3.57. The molecule has 2 atom stereocenters. The van der Waals surface area contributed by atoms with E-state index in [9.17, 15) is 24.3 Å². The summed E-state index contributed by atoms with van der Waals surface area (Å²) in [6, 6.07) is 6.35. The molecule has 0 aromatic heterocycles. The van der Waals surface area contributed by atoms with Gasteiger partial charge in [0.05, 0.1) is 6.42 Å². The summed E-state index contributed by atoms with van der Waals surface area (Å²) in [5, 5.41) is 20.3. The van der Waals surface area contributed by atoms with Gasteiger partial charge in [-0.15, -0.1) is 0 Å². The molecule has 164 valence electrons. The summed E-state index contributed by atoms with van der Waals surface area (Å²) in [5.74, 6) is -3.53. The Balaban J connectivity index is 2.11. The van der Waals surface area contributed by atoms with E-state index in [4.69, 9.17) is 9.84 Å². The van der Waals surface area contributed by atoms with Gasteiger partial charge in [0.25, 0.3) is 0 Å². The molecule has 1 fully saturated rings. The van der Waals surface area contributed by atoms with E-state index >= 15 is 0 Å². The lowest BCUT2D eigenvalue weighted by Crippen LogP contribution is -2.55. The Morgan fingerprint density at radius 1 is 1.10 bits per heavy atom. The number of ether oxygens (including phenoxy) is 1. The highest BCUT2D eigenvalue weighted by Gasteiger charge is 2.36. The highest BCUT2D eigenvalue weighted by atomic mass is 16.6. The van der Waals surface area contributed by atoms with Crippen molar-refractivity contribution in [3.8, 4) is 0 Å². The van der Waals surface area contributed by atoms with E-state index in [1.54, 1.807) is 0 Å². The van der Waals surface area contributed by atoms with Gasteiger partial charge in [-0.1, -0.05) is 49.6 Å². The standard InChI is InChI=1S/C21H28N2O7/c1-14(19(26)22-17(20(27)28)12-18(24)25)23(16-10-6-3-7-11-16)21(29)30-13-15-8-4-2-5-9-15/h2,4-5,8-9,14,16-17H,3,6-7,10-13H2,1H3,(H,22,26)(H,24,25)(H,27,28). The Morgan fingerprint density at radius 3 is 2.30 bits per heavy atom. The number of carbonyl (C=O) groups is 4. The second-order valence-electron chi connectivity index (χ2n) is 7.41. The molecule has 0 aliphatic heterocycles. The smallest absolute Gasteiger partial charge is 0.411 e. The maximum atomic E-state index is 12.9. The highest BCUT2D eigenvalue weighted by molar-refractivity contribution is 5.90. The zero-order valence-corrected chi connectivity index (χ0v) is 17.0. The SMILES string of the molecule is CC(C(=O)NC(CC(=O)O)C(=O)O)N(C(=O)OCc1ccccc1)C1CCCCC1. The molecule has 2 unspecified atom stereocenters. The first kappa shape index (κ1) is 23.2. The lowest BCUT2D eigenvalue weighted by atomic mass is 9.93. The first-order valence-corrected chi connectivity index (χ1v) is 10.0. The van der Waals surface area contributed by atoms with Gasteiger partial charge in [-0.2, -0.15) is 0 Å². The fourth-order valence-corrected chi connectivity index (χ4v) is 3.57. The molecular formula is C21H28N2O7. The average Bonchev–Trinajstić information content (AvgIpc) is 2.73. The molecule has 1 aliphatic carbocycles. The Hall–Kier alpha value is -3.10. The van der Waals surface area contributed by atoms with Gasteiger partial charge in [0, 0.05) is 6.04 Å². The normalized spacial score (nSPS) is 16.2. The molecule has 0 bridgehead atoms. The Bertz CT molecular complexity index is 747. The number of amides is 2. The molecule has 3 N–H and O–H groups in total. The minimum atomic E-state index is -1.58. The molecule has 9 heteroatoms. The Labute approximate surface area is 175 Å². The number of nitrogens with zero attached hydrogens (tertiary/aromatic N) is 1. The van der Waals surface area contributed by atoms with Crippen LogP contribution in [0, 0.1) is 0 Å². The van der Waals surface area contributed by atoms with Crippen molar-refractivity contribution in [2.75, 3.05) is 0 Å². The van der Waals surface area contributed by atoms with Crippen LogP contribution in [0.2, 0.25) is 0 Å². The van der Waals surface area contributed by atoms with Crippen LogP contribution in [0.5, 0.6) is 0 Å². The van der Waals surface area contributed by atoms with Crippen LogP contribution in [0.15, 0.2) is 30.3 Å². The van der Waals surface area contributed by atoms with Crippen molar-refractivity contribution in [2.45, 2.75) is 70.2 Å². The first-order chi connectivity index (χ1) is 14.3. The van der Waals surface area contributed by atoms with Crippen molar-refractivity contribution in [1.82, 2.24) is 10.2 Å². The number of carboxylic acid groups (broad SMARTS) is 2. The van der Waals surface area contributed by atoms with Gasteiger partial charge in [0.2, 0.25) is 5.91 Å². The summed E-state index contributed by atoms with van der Waals surface area (Å²) in [5.41, 5.74) is 0.805. The molecule has 30 heavy (non-hydrogen) atoms. The molecule has 1 aromatic carbocycles. The van der Waals surface area contributed by atoms with Crippen LogP contribution >= 0.6 is 0 Å². The summed E-state index contributed by atoms with van der Waals surface area (Å²) in [6.45, 7) is 1.54. The van der Waals surface area contributed by atoms with Crippen LogP contribution in [0.1, 0.15) is 51.0 Å². The van der Waals surface area contributed by atoms with Gasteiger partial charge in [0.1, 0.15) is 18.7 Å². The van der Waals surface area contributed by atoms with E-state index in [2.05, 4.69) is 5.32 Å². The third kappa shape index (κ3) is 6.75. The van der Waals surface area contributed by atoms with E-state index in [0.29, 0.717) is 0 Å². The third-order valence-corrected chi connectivity index (χ3v) is 5.17. The van der Waals surface area contributed by atoms with E-state index in [1.165, 1.54) is 11.8 Å². The zero-order chi connectivity index (χ0) is 22.1. The van der Waals surface area contributed by atoms with Crippen molar-refractivity contribution >= 4 is 23.9 Å². The lowest BCUT2D eigenvalue weighted by Gasteiger charge is -2.37. The molecule has 1 aliphatic rings. The van der Waals surface area contributed by atoms with Crippen molar-refractivity contribution in [3.05, 3.63) is 35.9 Å². The van der Waals surface area contributed by atoms with Gasteiger partial charge < -0.3 is 20.3 Å². The molecule has 0 heterocycles. The van der Waals surface area contributed by atoms with Crippen molar-refractivity contribution < 1.29 is 34.1 Å². The predicted molar refractivity (Wildman–Crippen MR) is 107 cm³/mol. The molecule has 2 amide bonds. The highest BCUT2D eigenvalue weighted by Crippen LogP contribution is 2.25. The first-order valence-electron chi connectivity index (χ1n) is 10.0. The number of benzene rings is 1. The second kappa shape index (κ2) is 11.2. The minimum absolute atomic E-state index is 0.0496. The molecule has 1 saturated carbocycles. The summed E-state index contributed by atoms with van der Waals surface area (Å²) in [7, 11) is 0. The van der Waals surface area contributed by atoms with Gasteiger partial charge >= 0.3 is 18.0 Å². The molecule has 9 nitrogen and oxygen atoms in total. The number of hydrogen-bond acceptors (Lipinski definition) is 5. The maximum absolute atomic E-state index is 12.9. The average molecular weight is 420 g/mol. The number of carbonyl (C=O) groups excluding carboxylic acids is 2. The number of hydrogen-bond donors (Lipinski definition) is 3. The van der Waals surface area contributed by atoms with Gasteiger partial charge in [-0.3, -0.25) is 14.5 Å². The number of rotatable bonds is 9. The summed E-state index contributed by atoms with van der Waals surface area (Å²) in [6.07, 6.45) is 2.90. The topological polar surface area (TPSA) is 133 Å². The van der Waals surface area contributed by atoms with E-state index in [-0.39, 0.29) is 12.6 Å². The molecule has 1 aromatic rings. The van der Waals surface area contributed by atoms with Crippen LogP contribution < -0.4 is 5.32 Å². The van der Waals surface area contributed by atoms with Gasteiger partial charge in [-0.05, 0) is 25.3 Å². The Morgan fingerprint density at radius 2 is 1.73 bits per heavy atom. The second-order valence-corrected chi connectivity index (χ2v) is 7.41. The molecular weight excluding hydrogens is 392 g/mol. The summed E-state index contributed by atoms with van der Waals surface area (Å²) in [4.78, 5) is 49.1. The van der Waals surface area contributed by atoms with Crippen LogP contribution in [-0.4, -0.2) is 57.2 Å². The van der Waals surface area contributed by atoms with E-state index in [1.807, 2.05) is 30.3 Å². The van der Waals surface area contributed by atoms with Crippen molar-refractivity contribution in [1.29, 1.82) is 0 Å². The zero-order valence-electron chi connectivity index (χ0n) is 17.0. The van der Waals surface area contributed by atoms with E-state index in [0.717, 1.165) is 37.7 Å². The van der Waals surface area contributed by atoms with Crippen LogP contribution in [-0.2, 0) is 25.7 Å². The minimum Gasteiger partial charge on any atom is -0.481 e. The van der Waals surface area contributed by atoms with Crippen molar-refractivity contribution in [2.24, 2.45) is 0 Å². The molecule has 0 radical (unpaired) electrons. The Kier molecular flexibility index (Phi) is 8.64. The predicted octanol–water partition coefficient (Wildman–Crippen LogP) is 2.39. The quantitative estimate of drug-likeness (QED) is 0.558. The number of carboxylic acids is 2. The monoisotopic (exact) mass is 420 g/mol. The van der Waals surface area contributed by atoms with Crippen LogP contribution in [0.3, 0.4) is 0 Å².